The van der Waals surface area contributed by atoms with Gasteiger partial charge in [0.1, 0.15) is 5.78 Å². The highest BCUT2D eigenvalue weighted by atomic mass is 16.1. The number of allylic oxidation sites excluding steroid dienone is 1. The maximum absolute atomic E-state index is 11.5. The van der Waals surface area contributed by atoms with E-state index in [9.17, 15) is 4.79 Å². The largest absolute Gasteiger partial charge is 0.316 e. The molecule has 0 aromatic heterocycles. The molecule has 0 bridgehead atoms. The minimum atomic E-state index is 0.282. The Kier molecular flexibility index (Phi) is 3.48. The van der Waals surface area contributed by atoms with Gasteiger partial charge in [0.05, 0.1) is 0 Å². The number of carbonyl (C=O) groups excluding carboxylic acids is 1. The van der Waals surface area contributed by atoms with Gasteiger partial charge in [-0.25, -0.2) is 0 Å². The summed E-state index contributed by atoms with van der Waals surface area (Å²) in [4.78, 5) is 11.5. The summed E-state index contributed by atoms with van der Waals surface area (Å²) in [6.07, 6.45) is 2.56. The molecule has 1 heterocycles. The Balaban J connectivity index is 2.23. The maximum atomic E-state index is 11.5. The van der Waals surface area contributed by atoms with E-state index in [0.29, 0.717) is 12.2 Å². The number of carbonyl (C=O) groups is 1. The fourth-order valence-electron chi connectivity index (χ4n) is 1.47. The van der Waals surface area contributed by atoms with Crippen LogP contribution in [0.1, 0.15) is 26.2 Å². The molecule has 0 aromatic rings. The predicted molar refractivity (Wildman–Crippen MR) is 50.0 cm³/mol. The lowest BCUT2D eigenvalue weighted by molar-refractivity contribution is -0.122. The van der Waals surface area contributed by atoms with E-state index >= 15 is 0 Å². The Hall–Kier alpha value is -0.630. The molecule has 1 N–H and O–H groups in total. The third kappa shape index (κ3) is 2.78. The lowest BCUT2D eigenvalue weighted by Gasteiger charge is -2.06. The number of nitrogens with one attached hydrogen (secondary N) is 1. The molecule has 1 aliphatic rings. The van der Waals surface area contributed by atoms with Gasteiger partial charge in [0.15, 0.2) is 0 Å². The van der Waals surface area contributed by atoms with E-state index in [0.717, 1.165) is 31.5 Å². The SMILES string of the molecule is C=C(C)CCC(=O)C1CCNC1. The van der Waals surface area contributed by atoms with Gasteiger partial charge in [0, 0.05) is 18.9 Å². The monoisotopic (exact) mass is 167 g/mol. The van der Waals surface area contributed by atoms with Crippen molar-refractivity contribution in [3.05, 3.63) is 12.2 Å². The van der Waals surface area contributed by atoms with E-state index in [2.05, 4.69) is 11.9 Å². The molecule has 2 nitrogen and oxygen atoms in total. The molecule has 1 unspecified atom stereocenters. The number of ketones is 1. The van der Waals surface area contributed by atoms with Gasteiger partial charge in [0.25, 0.3) is 0 Å². The number of Topliss-reactive ketones (excluding diaryl/α,β-unsaturated/α-hetero) is 1. The average Bonchev–Trinajstić information content (AvgIpc) is 2.51. The van der Waals surface area contributed by atoms with Crippen molar-refractivity contribution >= 4 is 5.78 Å². The summed E-state index contributed by atoms with van der Waals surface area (Å²) >= 11 is 0. The molecule has 1 saturated heterocycles. The Labute approximate surface area is 74.0 Å². The van der Waals surface area contributed by atoms with Crippen LogP contribution in [0, 0.1) is 5.92 Å². The predicted octanol–water partition coefficient (Wildman–Crippen LogP) is 1.52. The fourth-order valence-corrected chi connectivity index (χ4v) is 1.47. The van der Waals surface area contributed by atoms with E-state index in [-0.39, 0.29) is 5.92 Å². The van der Waals surface area contributed by atoms with Crippen LogP contribution >= 0.6 is 0 Å². The van der Waals surface area contributed by atoms with E-state index in [1.54, 1.807) is 0 Å². The molecule has 68 valence electrons. The van der Waals surface area contributed by atoms with Crippen LogP contribution in [0.2, 0.25) is 0 Å². The average molecular weight is 167 g/mol. The van der Waals surface area contributed by atoms with Gasteiger partial charge in [-0.1, -0.05) is 5.57 Å². The summed E-state index contributed by atoms with van der Waals surface area (Å²) in [5.41, 5.74) is 1.11. The van der Waals surface area contributed by atoms with Gasteiger partial charge in [-0.3, -0.25) is 4.79 Å². The molecule has 2 heteroatoms. The molecule has 0 spiro atoms. The van der Waals surface area contributed by atoms with Crippen LogP contribution in [-0.2, 0) is 4.79 Å². The van der Waals surface area contributed by atoms with Crippen LogP contribution in [0.3, 0.4) is 0 Å². The summed E-state index contributed by atoms with van der Waals surface area (Å²) < 4.78 is 0. The Morgan fingerprint density at radius 2 is 2.33 bits per heavy atom. The molecule has 1 aliphatic heterocycles. The lowest BCUT2D eigenvalue weighted by atomic mass is 9.98. The van der Waals surface area contributed by atoms with Crippen molar-refractivity contribution in [1.29, 1.82) is 0 Å². The van der Waals surface area contributed by atoms with Gasteiger partial charge in [0.2, 0.25) is 0 Å². The van der Waals surface area contributed by atoms with Crippen molar-refractivity contribution in [2.24, 2.45) is 5.92 Å². The zero-order valence-corrected chi connectivity index (χ0v) is 7.73. The van der Waals surface area contributed by atoms with Gasteiger partial charge < -0.3 is 5.32 Å². The van der Waals surface area contributed by atoms with E-state index < -0.39 is 0 Å². The zero-order chi connectivity index (χ0) is 8.97. The van der Waals surface area contributed by atoms with Gasteiger partial charge in [-0.15, -0.1) is 6.58 Å². The Morgan fingerprint density at radius 1 is 1.58 bits per heavy atom. The highest BCUT2D eigenvalue weighted by Gasteiger charge is 2.21. The van der Waals surface area contributed by atoms with Crippen molar-refractivity contribution in [1.82, 2.24) is 5.32 Å². The third-order valence-corrected chi connectivity index (χ3v) is 2.31. The van der Waals surface area contributed by atoms with Crippen molar-refractivity contribution in [2.75, 3.05) is 13.1 Å². The maximum Gasteiger partial charge on any atom is 0.137 e. The zero-order valence-electron chi connectivity index (χ0n) is 7.73. The number of hydrogen-bond donors (Lipinski definition) is 1. The molecule has 0 amide bonds. The molecule has 0 aliphatic carbocycles. The molecule has 1 fully saturated rings. The van der Waals surface area contributed by atoms with Crippen LogP contribution in [0.25, 0.3) is 0 Å². The summed E-state index contributed by atoms with van der Waals surface area (Å²) in [6.45, 7) is 7.65. The second-order valence-electron chi connectivity index (χ2n) is 3.61. The molecule has 0 saturated carbocycles. The van der Waals surface area contributed by atoms with E-state index in [4.69, 9.17) is 0 Å². The quantitative estimate of drug-likeness (QED) is 0.643. The molecule has 0 radical (unpaired) electrons. The minimum Gasteiger partial charge on any atom is -0.316 e. The molecule has 12 heavy (non-hydrogen) atoms. The fraction of sp³-hybridized carbons (Fsp3) is 0.700. The number of rotatable bonds is 4. The van der Waals surface area contributed by atoms with Crippen LogP contribution < -0.4 is 5.32 Å². The summed E-state index contributed by atoms with van der Waals surface area (Å²) in [5.74, 6) is 0.687. The standard InChI is InChI=1S/C10H17NO/c1-8(2)3-4-10(12)9-5-6-11-7-9/h9,11H,1,3-7H2,2H3. The summed E-state index contributed by atoms with van der Waals surface area (Å²) in [6, 6.07) is 0. The highest BCUT2D eigenvalue weighted by molar-refractivity contribution is 5.81. The highest BCUT2D eigenvalue weighted by Crippen LogP contribution is 2.13. The van der Waals surface area contributed by atoms with Crippen molar-refractivity contribution in [3.8, 4) is 0 Å². The first-order valence-corrected chi connectivity index (χ1v) is 4.58. The Bertz CT molecular complexity index is 180. The second-order valence-corrected chi connectivity index (χ2v) is 3.61. The van der Waals surface area contributed by atoms with Gasteiger partial charge in [-0.2, -0.15) is 0 Å². The first-order valence-electron chi connectivity index (χ1n) is 4.58. The normalized spacial score (nSPS) is 22.6. The summed E-state index contributed by atoms with van der Waals surface area (Å²) in [5, 5.41) is 3.20. The van der Waals surface area contributed by atoms with Crippen LogP contribution in [0.15, 0.2) is 12.2 Å². The molecular formula is C10H17NO. The van der Waals surface area contributed by atoms with Crippen LogP contribution in [-0.4, -0.2) is 18.9 Å². The molecule has 1 atom stereocenters. The molecule has 0 aromatic carbocycles. The van der Waals surface area contributed by atoms with E-state index in [1.165, 1.54) is 0 Å². The van der Waals surface area contributed by atoms with Crippen LogP contribution in [0.4, 0.5) is 0 Å². The van der Waals surface area contributed by atoms with Gasteiger partial charge >= 0.3 is 0 Å². The van der Waals surface area contributed by atoms with Crippen molar-refractivity contribution in [3.63, 3.8) is 0 Å². The van der Waals surface area contributed by atoms with Crippen LogP contribution in [0.5, 0.6) is 0 Å². The Morgan fingerprint density at radius 3 is 2.83 bits per heavy atom. The molecule has 1 rings (SSSR count). The lowest BCUT2D eigenvalue weighted by Crippen LogP contribution is -2.17. The van der Waals surface area contributed by atoms with Crippen molar-refractivity contribution in [2.45, 2.75) is 26.2 Å². The molecular weight excluding hydrogens is 150 g/mol. The number of hydrogen-bond acceptors (Lipinski definition) is 2. The smallest absolute Gasteiger partial charge is 0.137 e. The first-order chi connectivity index (χ1) is 5.70. The topological polar surface area (TPSA) is 29.1 Å². The minimum absolute atomic E-state index is 0.282. The summed E-state index contributed by atoms with van der Waals surface area (Å²) in [7, 11) is 0. The van der Waals surface area contributed by atoms with Gasteiger partial charge in [-0.05, 0) is 26.3 Å². The second kappa shape index (κ2) is 4.41. The van der Waals surface area contributed by atoms with Crippen molar-refractivity contribution < 1.29 is 4.79 Å². The third-order valence-electron chi connectivity index (χ3n) is 2.31. The first kappa shape index (κ1) is 9.46. The van der Waals surface area contributed by atoms with E-state index in [1.807, 2.05) is 6.92 Å².